The first kappa shape index (κ1) is 13.6. The average Bonchev–Trinajstić information content (AvgIpc) is 3.16. The predicted molar refractivity (Wildman–Crippen MR) is 73.3 cm³/mol. The number of methoxy groups -OCH3 is 1. The number of anilines is 1. The van der Waals surface area contributed by atoms with Crippen molar-refractivity contribution in [2.24, 2.45) is 0 Å². The highest BCUT2D eigenvalue weighted by Crippen LogP contribution is 2.39. The van der Waals surface area contributed by atoms with Gasteiger partial charge in [0.05, 0.1) is 0 Å². The monoisotopic (exact) mass is 269 g/mol. The number of halogens is 1. The number of aromatic nitrogens is 2. The van der Waals surface area contributed by atoms with Crippen LogP contribution in [0.15, 0.2) is 0 Å². The van der Waals surface area contributed by atoms with Gasteiger partial charge in [0.15, 0.2) is 0 Å². The molecule has 1 aromatic heterocycles. The molecule has 0 radical (unpaired) electrons. The van der Waals surface area contributed by atoms with Crippen LogP contribution in [0.2, 0.25) is 5.15 Å². The van der Waals surface area contributed by atoms with E-state index in [0.717, 1.165) is 30.2 Å². The zero-order valence-corrected chi connectivity index (χ0v) is 11.9. The standard InChI is InChI=1S/C13H20ClN3O/c1-8(6-7-18-3)15-12-9(2)11(14)16-13(17-12)10-4-5-10/h8,10H,4-7H2,1-3H3,(H,15,16,17). The molecule has 100 valence electrons. The van der Waals surface area contributed by atoms with Crippen molar-refractivity contribution in [3.05, 3.63) is 16.5 Å². The molecule has 1 atom stereocenters. The van der Waals surface area contributed by atoms with Gasteiger partial charge in [-0.25, -0.2) is 9.97 Å². The van der Waals surface area contributed by atoms with Crippen molar-refractivity contribution in [1.82, 2.24) is 9.97 Å². The SMILES string of the molecule is COCCC(C)Nc1nc(C2CC2)nc(Cl)c1C. The quantitative estimate of drug-likeness (QED) is 0.806. The fourth-order valence-corrected chi connectivity index (χ4v) is 1.95. The van der Waals surface area contributed by atoms with E-state index in [0.29, 0.717) is 17.1 Å². The smallest absolute Gasteiger partial charge is 0.137 e. The average molecular weight is 270 g/mol. The van der Waals surface area contributed by atoms with Gasteiger partial charge in [-0.3, -0.25) is 0 Å². The van der Waals surface area contributed by atoms with E-state index >= 15 is 0 Å². The molecule has 1 aromatic rings. The van der Waals surface area contributed by atoms with Crippen molar-refractivity contribution in [3.8, 4) is 0 Å². The van der Waals surface area contributed by atoms with Gasteiger partial charge in [-0.05, 0) is 33.1 Å². The molecule has 0 saturated heterocycles. The Bertz CT molecular complexity index is 421. The first-order valence-electron chi connectivity index (χ1n) is 6.41. The lowest BCUT2D eigenvalue weighted by molar-refractivity contribution is 0.191. The molecule has 2 rings (SSSR count). The number of rotatable bonds is 6. The van der Waals surface area contributed by atoms with Crippen molar-refractivity contribution in [3.63, 3.8) is 0 Å². The van der Waals surface area contributed by atoms with E-state index < -0.39 is 0 Å². The van der Waals surface area contributed by atoms with Gasteiger partial charge < -0.3 is 10.1 Å². The fourth-order valence-electron chi connectivity index (χ4n) is 1.77. The highest BCUT2D eigenvalue weighted by molar-refractivity contribution is 6.30. The molecule has 1 aliphatic carbocycles. The minimum absolute atomic E-state index is 0.307. The molecule has 1 aliphatic rings. The van der Waals surface area contributed by atoms with Crippen molar-refractivity contribution < 1.29 is 4.74 Å². The minimum Gasteiger partial charge on any atom is -0.385 e. The highest BCUT2D eigenvalue weighted by Gasteiger charge is 2.28. The van der Waals surface area contributed by atoms with Gasteiger partial charge in [0.2, 0.25) is 0 Å². The van der Waals surface area contributed by atoms with Crippen LogP contribution in [-0.2, 0) is 4.74 Å². The van der Waals surface area contributed by atoms with Crippen LogP contribution in [0.5, 0.6) is 0 Å². The third-order valence-corrected chi connectivity index (χ3v) is 3.55. The van der Waals surface area contributed by atoms with Gasteiger partial charge in [-0.2, -0.15) is 0 Å². The second kappa shape index (κ2) is 5.85. The summed E-state index contributed by atoms with van der Waals surface area (Å²) in [6, 6.07) is 0.307. The lowest BCUT2D eigenvalue weighted by Gasteiger charge is -2.17. The molecule has 18 heavy (non-hydrogen) atoms. The van der Waals surface area contributed by atoms with E-state index in [1.807, 2.05) is 6.92 Å². The third kappa shape index (κ3) is 3.33. The van der Waals surface area contributed by atoms with Gasteiger partial charge in [-0.15, -0.1) is 0 Å². The molecule has 1 heterocycles. The van der Waals surface area contributed by atoms with Crippen LogP contribution in [0.3, 0.4) is 0 Å². The second-order valence-corrected chi connectivity index (χ2v) is 5.31. The molecule has 0 amide bonds. The maximum absolute atomic E-state index is 6.16. The van der Waals surface area contributed by atoms with Crippen LogP contribution in [-0.4, -0.2) is 29.7 Å². The maximum Gasteiger partial charge on any atom is 0.137 e. The molecule has 1 N–H and O–H groups in total. The van der Waals surface area contributed by atoms with Gasteiger partial charge in [0, 0.05) is 31.2 Å². The molecular weight excluding hydrogens is 250 g/mol. The normalized spacial score (nSPS) is 16.7. The molecular formula is C13H20ClN3O. The first-order chi connectivity index (χ1) is 8.61. The van der Waals surface area contributed by atoms with Crippen LogP contribution >= 0.6 is 11.6 Å². The molecule has 1 unspecified atom stereocenters. The van der Waals surface area contributed by atoms with Crippen LogP contribution in [0.1, 0.15) is 43.5 Å². The Morgan fingerprint density at radius 2 is 2.17 bits per heavy atom. The highest BCUT2D eigenvalue weighted by atomic mass is 35.5. The van der Waals surface area contributed by atoms with Crippen molar-refractivity contribution in [2.45, 2.75) is 45.1 Å². The second-order valence-electron chi connectivity index (χ2n) is 4.95. The van der Waals surface area contributed by atoms with Gasteiger partial charge in [-0.1, -0.05) is 11.6 Å². The predicted octanol–water partition coefficient (Wildman–Crippen LogP) is 3.15. The molecule has 0 aliphatic heterocycles. The van der Waals surface area contributed by atoms with Crippen molar-refractivity contribution in [1.29, 1.82) is 0 Å². The summed E-state index contributed by atoms with van der Waals surface area (Å²) < 4.78 is 5.08. The van der Waals surface area contributed by atoms with E-state index in [4.69, 9.17) is 16.3 Å². The summed E-state index contributed by atoms with van der Waals surface area (Å²) in [6.45, 7) is 4.80. The van der Waals surface area contributed by atoms with Crippen molar-refractivity contribution >= 4 is 17.4 Å². The number of nitrogens with one attached hydrogen (secondary N) is 1. The molecule has 4 nitrogen and oxygen atoms in total. The lowest BCUT2D eigenvalue weighted by atomic mass is 10.2. The Hall–Kier alpha value is -0.870. The Labute approximate surface area is 113 Å². The summed E-state index contributed by atoms with van der Waals surface area (Å²) in [5.74, 6) is 2.26. The van der Waals surface area contributed by atoms with E-state index in [1.54, 1.807) is 7.11 Å². The zero-order valence-electron chi connectivity index (χ0n) is 11.2. The number of ether oxygens (including phenoxy) is 1. The van der Waals surface area contributed by atoms with Crippen molar-refractivity contribution in [2.75, 3.05) is 19.0 Å². The first-order valence-corrected chi connectivity index (χ1v) is 6.79. The van der Waals surface area contributed by atoms with Crippen LogP contribution < -0.4 is 5.32 Å². The third-order valence-electron chi connectivity index (χ3n) is 3.18. The zero-order chi connectivity index (χ0) is 13.1. The largest absolute Gasteiger partial charge is 0.385 e. The number of hydrogen-bond acceptors (Lipinski definition) is 4. The van der Waals surface area contributed by atoms with E-state index in [-0.39, 0.29) is 0 Å². The molecule has 1 saturated carbocycles. The van der Waals surface area contributed by atoms with Crippen LogP contribution in [0.4, 0.5) is 5.82 Å². The van der Waals surface area contributed by atoms with Gasteiger partial charge >= 0.3 is 0 Å². The topological polar surface area (TPSA) is 47.0 Å². The molecule has 0 spiro atoms. The van der Waals surface area contributed by atoms with Gasteiger partial charge in [0.25, 0.3) is 0 Å². The van der Waals surface area contributed by atoms with E-state index in [2.05, 4.69) is 22.2 Å². The maximum atomic E-state index is 6.16. The molecule has 0 bridgehead atoms. The van der Waals surface area contributed by atoms with E-state index in [1.165, 1.54) is 12.8 Å². The Kier molecular flexibility index (Phi) is 4.40. The van der Waals surface area contributed by atoms with Gasteiger partial charge in [0.1, 0.15) is 16.8 Å². The number of hydrogen-bond donors (Lipinski definition) is 1. The van der Waals surface area contributed by atoms with Crippen LogP contribution in [0.25, 0.3) is 0 Å². The molecule has 0 aromatic carbocycles. The van der Waals surface area contributed by atoms with E-state index in [9.17, 15) is 0 Å². The summed E-state index contributed by atoms with van der Waals surface area (Å²) in [5.41, 5.74) is 0.922. The lowest BCUT2D eigenvalue weighted by Crippen LogP contribution is -2.19. The Morgan fingerprint density at radius 1 is 1.44 bits per heavy atom. The minimum atomic E-state index is 0.307. The summed E-state index contributed by atoms with van der Waals surface area (Å²) in [5, 5.41) is 3.96. The summed E-state index contributed by atoms with van der Waals surface area (Å²) >= 11 is 6.16. The Balaban J connectivity index is 2.10. The fraction of sp³-hybridized carbons (Fsp3) is 0.692. The summed E-state index contributed by atoms with van der Waals surface area (Å²) in [4.78, 5) is 8.95. The molecule has 5 heteroatoms. The number of nitrogens with zero attached hydrogens (tertiary/aromatic N) is 2. The molecule has 1 fully saturated rings. The Morgan fingerprint density at radius 3 is 2.78 bits per heavy atom. The summed E-state index contributed by atoms with van der Waals surface area (Å²) in [6.07, 6.45) is 3.30. The van der Waals surface area contributed by atoms with Crippen LogP contribution in [0, 0.1) is 6.92 Å². The summed E-state index contributed by atoms with van der Waals surface area (Å²) in [7, 11) is 1.71.